The van der Waals surface area contributed by atoms with Crippen LogP contribution in [0.15, 0.2) is 62.3 Å². The molecule has 0 atom stereocenters. The zero-order valence-corrected chi connectivity index (χ0v) is 14.0. The van der Waals surface area contributed by atoms with Crippen LogP contribution in [-0.2, 0) is 10.0 Å². The molecule has 0 aliphatic carbocycles. The summed E-state index contributed by atoms with van der Waals surface area (Å²) >= 11 is 0. The number of nitrogen functional groups attached to an aromatic ring is 1. The van der Waals surface area contributed by atoms with E-state index >= 15 is 0 Å². The average molecular weight is 374 g/mol. The zero-order valence-electron chi connectivity index (χ0n) is 13.2. The molecule has 0 spiro atoms. The van der Waals surface area contributed by atoms with Crippen LogP contribution in [-0.4, -0.2) is 35.3 Å². The van der Waals surface area contributed by atoms with Crippen LogP contribution < -0.4 is 16.6 Å². The normalized spacial score (nSPS) is 12.7. The zero-order chi connectivity index (χ0) is 18.7. The van der Waals surface area contributed by atoms with Crippen LogP contribution in [0.3, 0.4) is 0 Å². The molecule has 6 N–H and O–H groups in total. The summed E-state index contributed by atoms with van der Waals surface area (Å²) in [5.74, 6) is -0.0321. The first kappa shape index (κ1) is 17.3. The Morgan fingerprint density at radius 2 is 1.92 bits per heavy atom. The number of rotatable bonds is 5. The van der Waals surface area contributed by atoms with Gasteiger partial charge in [-0.05, 0) is 46.7 Å². The van der Waals surface area contributed by atoms with Crippen molar-refractivity contribution in [2.75, 3.05) is 5.73 Å². The smallest absolute Gasteiger partial charge is 0.238 e. The number of aromatic nitrogens is 3. The van der Waals surface area contributed by atoms with Gasteiger partial charge in [0.1, 0.15) is 0 Å². The van der Waals surface area contributed by atoms with Gasteiger partial charge in [0, 0.05) is 11.9 Å². The van der Waals surface area contributed by atoms with Gasteiger partial charge < -0.3 is 16.0 Å². The van der Waals surface area contributed by atoms with Crippen molar-refractivity contribution in [1.82, 2.24) is 14.9 Å². The highest BCUT2D eigenvalue weighted by molar-refractivity contribution is 7.89. The highest BCUT2D eigenvalue weighted by Crippen LogP contribution is 2.15. The largest absolute Gasteiger partial charge is 0.380 e. The summed E-state index contributed by atoms with van der Waals surface area (Å²) in [5.41, 5.74) is 12.7. The molecule has 3 aromatic rings. The molecule has 0 saturated carbocycles. The fraction of sp³-hybridized carbons (Fsp3) is 0. The standard InChI is InChI=1S/C14H14N8O3S/c15-13(12-14(16)21-25-20-12)19-18-8-10-2-1-7-22(10)9-3-5-11(6-4-9)26(17,23)24/h1-8H,(H2,15,19)(H2,16,21)(H2,17,23,24). The van der Waals surface area contributed by atoms with Crippen molar-refractivity contribution in [2.24, 2.45) is 21.1 Å². The number of benzene rings is 1. The van der Waals surface area contributed by atoms with Crippen molar-refractivity contribution in [1.29, 1.82) is 0 Å². The maximum atomic E-state index is 11.3. The van der Waals surface area contributed by atoms with Gasteiger partial charge in [-0.25, -0.2) is 18.2 Å². The van der Waals surface area contributed by atoms with Crippen molar-refractivity contribution >= 4 is 27.9 Å². The highest BCUT2D eigenvalue weighted by Gasteiger charge is 2.10. The molecule has 0 aliphatic rings. The summed E-state index contributed by atoms with van der Waals surface area (Å²) in [6, 6.07) is 9.66. The Balaban J connectivity index is 1.84. The van der Waals surface area contributed by atoms with Gasteiger partial charge in [0.2, 0.25) is 10.0 Å². The lowest BCUT2D eigenvalue weighted by Crippen LogP contribution is -2.15. The van der Waals surface area contributed by atoms with Gasteiger partial charge in [0.05, 0.1) is 16.8 Å². The minimum atomic E-state index is -3.74. The molecule has 0 amide bonds. The summed E-state index contributed by atoms with van der Waals surface area (Å²) < 4.78 is 28.9. The molecule has 0 bridgehead atoms. The van der Waals surface area contributed by atoms with Crippen molar-refractivity contribution in [3.05, 3.63) is 54.0 Å². The summed E-state index contributed by atoms with van der Waals surface area (Å²) in [6.45, 7) is 0. The van der Waals surface area contributed by atoms with Crippen LogP contribution in [0.2, 0.25) is 0 Å². The molecule has 12 heteroatoms. The van der Waals surface area contributed by atoms with E-state index in [4.69, 9.17) is 16.6 Å². The topological polar surface area (TPSA) is 181 Å². The molecule has 3 rings (SSSR count). The molecule has 11 nitrogen and oxygen atoms in total. The van der Waals surface area contributed by atoms with E-state index in [1.807, 2.05) is 0 Å². The third-order valence-electron chi connectivity index (χ3n) is 3.34. The number of sulfonamides is 1. The number of anilines is 1. The predicted octanol–water partition coefficient (Wildman–Crippen LogP) is -0.171. The Kier molecular flexibility index (Phi) is 4.51. The summed E-state index contributed by atoms with van der Waals surface area (Å²) in [5, 5.41) is 19.7. The summed E-state index contributed by atoms with van der Waals surface area (Å²) in [4.78, 5) is 0.0276. The lowest BCUT2D eigenvalue weighted by atomic mass is 10.3. The van der Waals surface area contributed by atoms with Gasteiger partial charge in [-0.15, -0.1) is 5.10 Å². The third kappa shape index (κ3) is 3.60. The van der Waals surface area contributed by atoms with Crippen LogP contribution in [0.4, 0.5) is 5.82 Å². The van der Waals surface area contributed by atoms with E-state index < -0.39 is 10.0 Å². The minimum absolute atomic E-state index is 0.0137. The van der Waals surface area contributed by atoms with Crippen molar-refractivity contribution in [3.63, 3.8) is 0 Å². The lowest BCUT2D eigenvalue weighted by molar-refractivity contribution is 0.308. The van der Waals surface area contributed by atoms with Gasteiger partial charge in [0.15, 0.2) is 17.3 Å². The van der Waals surface area contributed by atoms with Crippen LogP contribution in [0, 0.1) is 0 Å². The fourth-order valence-corrected chi connectivity index (χ4v) is 2.62. The van der Waals surface area contributed by atoms with E-state index in [0.717, 1.165) is 0 Å². The van der Waals surface area contributed by atoms with Gasteiger partial charge in [-0.1, -0.05) is 0 Å². The number of nitrogens with zero attached hydrogens (tertiary/aromatic N) is 5. The van der Waals surface area contributed by atoms with Crippen LogP contribution in [0.5, 0.6) is 0 Å². The van der Waals surface area contributed by atoms with Crippen LogP contribution >= 0.6 is 0 Å². The van der Waals surface area contributed by atoms with Crippen LogP contribution in [0.1, 0.15) is 11.4 Å². The fourth-order valence-electron chi connectivity index (χ4n) is 2.10. The molecule has 2 aromatic heterocycles. The second-order valence-corrected chi connectivity index (χ2v) is 6.63. The Bertz CT molecular complexity index is 1080. The Hall–Kier alpha value is -3.51. The molecule has 134 valence electrons. The lowest BCUT2D eigenvalue weighted by Gasteiger charge is -2.06. The number of primary sulfonamides is 1. The van der Waals surface area contributed by atoms with E-state index in [1.54, 1.807) is 35.0 Å². The van der Waals surface area contributed by atoms with E-state index in [2.05, 4.69) is 25.1 Å². The maximum absolute atomic E-state index is 11.3. The highest BCUT2D eigenvalue weighted by atomic mass is 32.2. The maximum Gasteiger partial charge on any atom is 0.238 e. The van der Waals surface area contributed by atoms with E-state index in [0.29, 0.717) is 11.4 Å². The summed E-state index contributed by atoms with van der Waals surface area (Å²) in [7, 11) is -3.74. The van der Waals surface area contributed by atoms with E-state index in [-0.39, 0.29) is 22.2 Å². The molecule has 2 heterocycles. The van der Waals surface area contributed by atoms with Crippen LogP contribution in [0.25, 0.3) is 5.69 Å². The van der Waals surface area contributed by atoms with Crippen molar-refractivity contribution in [2.45, 2.75) is 4.90 Å². The first-order chi connectivity index (χ1) is 12.4. The Morgan fingerprint density at radius 3 is 2.54 bits per heavy atom. The van der Waals surface area contributed by atoms with Gasteiger partial charge >= 0.3 is 0 Å². The molecular formula is C14H14N8O3S. The number of amidine groups is 1. The second-order valence-electron chi connectivity index (χ2n) is 5.07. The number of nitrogens with two attached hydrogens (primary N) is 3. The molecule has 0 fully saturated rings. The van der Waals surface area contributed by atoms with Crippen molar-refractivity contribution in [3.8, 4) is 5.69 Å². The quantitative estimate of drug-likeness (QED) is 0.315. The molecule has 0 radical (unpaired) electrons. The first-order valence-electron chi connectivity index (χ1n) is 7.12. The Labute approximate surface area is 147 Å². The van der Waals surface area contributed by atoms with Gasteiger partial charge in [0.25, 0.3) is 0 Å². The first-order valence-corrected chi connectivity index (χ1v) is 8.66. The van der Waals surface area contributed by atoms with E-state index in [9.17, 15) is 8.42 Å². The van der Waals surface area contributed by atoms with Gasteiger partial charge in [-0.3, -0.25) is 0 Å². The summed E-state index contributed by atoms with van der Waals surface area (Å²) in [6.07, 6.45) is 3.24. The average Bonchev–Trinajstić information content (AvgIpc) is 3.23. The molecule has 26 heavy (non-hydrogen) atoms. The molecule has 0 saturated heterocycles. The molecule has 1 aromatic carbocycles. The van der Waals surface area contributed by atoms with Crippen molar-refractivity contribution < 1.29 is 13.0 Å². The SMILES string of the molecule is N/C(=N/N=Cc1cccn1-c1ccc(S(N)(=O)=O)cc1)c1nonc1N. The minimum Gasteiger partial charge on any atom is -0.380 e. The van der Waals surface area contributed by atoms with Gasteiger partial charge in [-0.2, -0.15) is 5.10 Å². The molecule has 0 unspecified atom stereocenters. The second kappa shape index (κ2) is 6.78. The number of hydrogen-bond acceptors (Lipinski definition) is 8. The predicted molar refractivity (Wildman–Crippen MR) is 94.2 cm³/mol. The molecular weight excluding hydrogens is 360 g/mol. The molecule has 0 aliphatic heterocycles. The monoisotopic (exact) mass is 374 g/mol. The van der Waals surface area contributed by atoms with E-state index in [1.165, 1.54) is 18.3 Å². The number of hydrogen-bond donors (Lipinski definition) is 3. The Morgan fingerprint density at radius 1 is 1.19 bits per heavy atom. The third-order valence-corrected chi connectivity index (χ3v) is 4.26.